The first kappa shape index (κ1) is 12.0. The number of aromatic carboxylic acids is 1. The lowest BCUT2D eigenvalue weighted by Crippen LogP contribution is -2.46. The molecule has 1 aliphatic carbocycles. The second kappa shape index (κ2) is 4.81. The molecule has 3 N–H and O–H groups in total. The molecule has 5 nitrogen and oxygen atoms in total. The number of rotatable bonds is 5. The van der Waals surface area contributed by atoms with Crippen LogP contribution >= 0.6 is 0 Å². The van der Waals surface area contributed by atoms with Crippen LogP contribution in [0.2, 0.25) is 0 Å². The van der Waals surface area contributed by atoms with Gasteiger partial charge in [0.2, 0.25) is 0 Å². The quantitative estimate of drug-likeness (QED) is 0.704. The van der Waals surface area contributed by atoms with Gasteiger partial charge in [0.05, 0.1) is 16.9 Å². The largest absolute Gasteiger partial charge is 0.478 e. The normalized spacial score (nSPS) is 17.5. The zero-order valence-corrected chi connectivity index (χ0v) is 9.52. The summed E-state index contributed by atoms with van der Waals surface area (Å²) in [4.78, 5) is 14.7. The smallest absolute Gasteiger partial charge is 0.337 e. The van der Waals surface area contributed by atoms with E-state index in [1.165, 1.54) is 12.3 Å². The predicted molar refractivity (Wildman–Crippen MR) is 61.7 cm³/mol. The minimum Gasteiger partial charge on any atom is -0.478 e. The Morgan fingerprint density at radius 3 is 2.71 bits per heavy atom. The Labute approximate surface area is 99.5 Å². The van der Waals surface area contributed by atoms with Crippen molar-refractivity contribution >= 4 is 5.97 Å². The van der Waals surface area contributed by atoms with Crippen LogP contribution in [0.25, 0.3) is 0 Å². The van der Waals surface area contributed by atoms with E-state index >= 15 is 0 Å². The predicted octanol–water partition coefficient (Wildman–Crippen LogP) is 0.784. The van der Waals surface area contributed by atoms with Crippen LogP contribution < -0.4 is 5.32 Å². The van der Waals surface area contributed by atoms with Crippen molar-refractivity contribution in [3.05, 3.63) is 29.6 Å². The maximum absolute atomic E-state index is 10.6. The van der Waals surface area contributed by atoms with Crippen molar-refractivity contribution in [3.63, 3.8) is 0 Å². The topological polar surface area (TPSA) is 82.5 Å². The maximum Gasteiger partial charge on any atom is 0.337 e. The number of nitrogens with one attached hydrogen (secondary N) is 1. The summed E-state index contributed by atoms with van der Waals surface area (Å²) in [5, 5.41) is 21.7. The monoisotopic (exact) mass is 236 g/mol. The fraction of sp³-hybridized carbons (Fsp3) is 0.500. The molecule has 0 spiro atoms. The molecule has 1 aromatic heterocycles. The van der Waals surface area contributed by atoms with Gasteiger partial charge in [-0.3, -0.25) is 4.98 Å². The number of nitrogens with zero attached hydrogens (tertiary/aromatic N) is 1. The van der Waals surface area contributed by atoms with E-state index in [1.54, 1.807) is 6.07 Å². The number of carbonyl (C=O) groups is 1. The summed E-state index contributed by atoms with van der Waals surface area (Å²) >= 11 is 0. The fourth-order valence-electron chi connectivity index (χ4n) is 1.84. The lowest BCUT2D eigenvalue weighted by Gasteiger charge is -2.36. The highest BCUT2D eigenvalue weighted by Crippen LogP contribution is 2.30. The van der Waals surface area contributed by atoms with E-state index in [0.717, 1.165) is 25.0 Å². The van der Waals surface area contributed by atoms with Crippen molar-refractivity contribution in [2.24, 2.45) is 0 Å². The number of pyridine rings is 1. The van der Waals surface area contributed by atoms with Gasteiger partial charge in [-0.05, 0) is 31.4 Å². The van der Waals surface area contributed by atoms with Crippen LogP contribution in [0.3, 0.4) is 0 Å². The van der Waals surface area contributed by atoms with Gasteiger partial charge in [-0.2, -0.15) is 0 Å². The van der Waals surface area contributed by atoms with Crippen LogP contribution in [0.4, 0.5) is 0 Å². The third-order valence-electron chi connectivity index (χ3n) is 3.12. The minimum atomic E-state index is -0.971. The molecule has 0 saturated heterocycles. The van der Waals surface area contributed by atoms with Gasteiger partial charge in [0.25, 0.3) is 0 Å². The van der Waals surface area contributed by atoms with E-state index < -0.39 is 11.6 Å². The van der Waals surface area contributed by atoms with Gasteiger partial charge >= 0.3 is 5.97 Å². The number of carboxylic acids is 1. The molecule has 5 heteroatoms. The van der Waals surface area contributed by atoms with E-state index in [2.05, 4.69) is 10.3 Å². The summed E-state index contributed by atoms with van der Waals surface area (Å²) in [6.45, 7) is 1.11. The molecule has 0 aromatic carbocycles. The molecule has 0 unspecified atom stereocenters. The second-order valence-electron chi connectivity index (χ2n) is 4.52. The second-order valence-corrected chi connectivity index (χ2v) is 4.52. The first-order chi connectivity index (χ1) is 8.09. The molecule has 1 saturated carbocycles. The maximum atomic E-state index is 10.6. The molecule has 0 aliphatic heterocycles. The Balaban J connectivity index is 1.80. The van der Waals surface area contributed by atoms with Crippen LogP contribution in [0.1, 0.15) is 35.3 Å². The van der Waals surface area contributed by atoms with Crippen LogP contribution in [-0.4, -0.2) is 33.3 Å². The first-order valence-corrected chi connectivity index (χ1v) is 5.70. The molecule has 0 amide bonds. The zero-order valence-electron chi connectivity index (χ0n) is 9.52. The molecular formula is C12H16N2O3. The number of aliphatic hydroxyl groups is 1. The average molecular weight is 236 g/mol. The molecule has 0 atom stereocenters. The van der Waals surface area contributed by atoms with E-state index in [-0.39, 0.29) is 5.56 Å². The number of aromatic nitrogens is 1. The van der Waals surface area contributed by atoms with E-state index in [4.69, 9.17) is 5.11 Å². The van der Waals surface area contributed by atoms with Gasteiger partial charge in [0, 0.05) is 19.3 Å². The van der Waals surface area contributed by atoms with Gasteiger partial charge < -0.3 is 15.5 Å². The van der Waals surface area contributed by atoms with Crippen LogP contribution in [-0.2, 0) is 6.54 Å². The minimum absolute atomic E-state index is 0.186. The van der Waals surface area contributed by atoms with E-state index in [1.807, 2.05) is 0 Å². The van der Waals surface area contributed by atoms with Crippen molar-refractivity contribution in [2.75, 3.05) is 6.54 Å². The van der Waals surface area contributed by atoms with Crippen LogP contribution in [0.15, 0.2) is 18.3 Å². The SMILES string of the molecule is O=C(O)c1ccc(CNCC2(O)CCC2)nc1. The molecule has 1 aliphatic rings. The zero-order chi connectivity index (χ0) is 12.3. The van der Waals surface area contributed by atoms with E-state index in [9.17, 15) is 9.90 Å². The fourth-order valence-corrected chi connectivity index (χ4v) is 1.84. The summed E-state index contributed by atoms with van der Waals surface area (Å²) in [6.07, 6.45) is 4.14. The third kappa shape index (κ3) is 3.01. The summed E-state index contributed by atoms with van der Waals surface area (Å²) < 4.78 is 0. The highest BCUT2D eigenvalue weighted by Gasteiger charge is 2.33. The Morgan fingerprint density at radius 1 is 1.47 bits per heavy atom. The summed E-state index contributed by atoms with van der Waals surface area (Å²) in [5.74, 6) is -0.971. The van der Waals surface area contributed by atoms with E-state index in [0.29, 0.717) is 13.1 Å². The highest BCUT2D eigenvalue weighted by molar-refractivity contribution is 5.87. The van der Waals surface area contributed by atoms with Gasteiger partial charge in [-0.25, -0.2) is 4.79 Å². The standard InChI is InChI=1S/C12H16N2O3/c15-11(16)9-2-3-10(14-6-9)7-13-8-12(17)4-1-5-12/h2-3,6,13,17H,1,4-5,7-8H2,(H,15,16). The molecule has 17 heavy (non-hydrogen) atoms. The lowest BCUT2D eigenvalue weighted by atomic mass is 9.80. The molecular weight excluding hydrogens is 220 g/mol. The molecule has 92 valence electrons. The van der Waals surface area contributed by atoms with Gasteiger partial charge in [-0.1, -0.05) is 0 Å². The average Bonchev–Trinajstić information content (AvgIpc) is 2.27. The number of carboxylic acid groups (broad SMARTS) is 1. The Bertz CT molecular complexity index is 399. The Kier molecular flexibility index (Phi) is 3.40. The van der Waals surface area contributed by atoms with Crippen molar-refractivity contribution in [2.45, 2.75) is 31.4 Å². The van der Waals surface area contributed by atoms with Crippen molar-refractivity contribution in [1.82, 2.24) is 10.3 Å². The number of hydrogen-bond donors (Lipinski definition) is 3. The lowest BCUT2D eigenvalue weighted by molar-refractivity contribution is -0.0315. The van der Waals surface area contributed by atoms with Crippen LogP contribution in [0.5, 0.6) is 0 Å². The van der Waals surface area contributed by atoms with Gasteiger partial charge in [0.1, 0.15) is 0 Å². The molecule has 1 aromatic rings. The first-order valence-electron chi connectivity index (χ1n) is 5.70. The van der Waals surface area contributed by atoms with Crippen molar-refractivity contribution in [1.29, 1.82) is 0 Å². The molecule has 0 bridgehead atoms. The summed E-state index contributed by atoms with van der Waals surface area (Å²) in [5.41, 5.74) is 0.422. The van der Waals surface area contributed by atoms with Crippen molar-refractivity contribution in [3.8, 4) is 0 Å². The highest BCUT2D eigenvalue weighted by atomic mass is 16.4. The van der Waals surface area contributed by atoms with Gasteiger partial charge in [-0.15, -0.1) is 0 Å². The molecule has 1 fully saturated rings. The molecule has 0 radical (unpaired) electrons. The summed E-state index contributed by atoms with van der Waals surface area (Å²) in [6, 6.07) is 3.21. The molecule has 1 heterocycles. The number of hydrogen-bond acceptors (Lipinski definition) is 4. The summed E-state index contributed by atoms with van der Waals surface area (Å²) in [7, 11) is 0. The Morgan fingerprint density at radius 2 is 2.24 bits per heavy atom. The van der Waals surface area contributed by atoms with Crippen LogP contribution in [0, 0.1) is 0 Å². The molecule has 2 rings (SSSR count). The van der Waals surface area contributed by atoms with Crippen molar-refractivity contribution < 1.29 is 15.0 Å². The van der Waals surface area contributed by atoms with Gasteiger partial charge in [0.15, 0.2) is 0 Å². The Hall–Kier alpha value is -1.46. The third-order valence-corrected chi connectivity index (χ3v) is 3.12.